The van der Waals surface area contributed by atoms with Gasteiger partial charge in [0.1, 0.15) is 0 Å². The van der Waals surface area contributed by atoms with E-state index in [1.54, 1.807) is 0 Å². The average molecular weight is 278 g/mol. The van der Waals surface area contributed by atoms with Crippen molar-refractivity contribution in [2.24, 2.45) is 0 Å². The van der Waals surface area contributed by atoms with Gasteiger partial charge in [-0.2, -0.15) is 5.26 Å². The van der Waals surface area contributed by atoms with E-state index in [0.29, 0.717) is 11.6 Å². The van der Waals surface area contributed by atoms with Crippen LogP contribution in [0.1, 0.15) is 35.6 Å². The Morgan fingerprint density at radius 1 is 1.14 bits per heavy atom. The van der Waals surface area contributed by atoms with Crippen LogP contribution in [0.15, 0.2) is 42.5 Å². The Bertz CT molecular complexity index is 653. The van der Waals surface area contributed by atoms with Crippen LogP contribution in [0, 0.1) is 25.2 Å². The maximum atomic E-state index is 8.99. The molecule has 0 spiro atoms. The van der Waals surface area contributed by atoms with Gasteiger partial charge in [0.25, 0.3) is 0 Å². The number of anilines is 1. The standard InChI is InChI=1S/C19H22N2/c1-14-5-4-6-17(11-14)10-8-16(3)21-19-12-18(13-20)9-7-15(19)2/h4-7,9,11-12,16,21H,8,10H2,1-3H3. The van der Waals surface area contributed by atoms with Crippen molar-refractivity contribution in [3.63, 3.8) is 0 Å². The van der Waals surface area contributed by atoms with Crippen molar-refractivity contribution < 1.29 is 0 Å². The van der Waals surface area contributed by atoms with Crippen molar-refractivity contribution in [1.29, 1.82) is 5.26 Å². The first-order chi connectivity index (χ1) is 10.1. The van der Waals surface area contributed by atoms with Crippen LogP contribution in [0.4, 0.5) is 5.69 Å². The smallest absolute Gasteiger partial charge is 0.0992 e. The van der Waals surface area contributed by atoms with Crippen LogP contribution in [0.5, 0.6) is 0 Å². The lowest BCUT2D eigenvalue weighted by atomic mass is 10.0. The second-order valence-corrected chi connectivity index (χ2v) is 5.71. The lowest BCUT2D eigenvalue weighted by molar-refractivity contribution is 0.705. The molecule has 0 saturated heterocycles. The molecular weight excluding hydrogens is 256 g/mol. The third-order valence-corrected chi connectivity index (χ3v) is 3.72. The minimum Gasteiger partial charge on any atom is -0.382 e. The van der Waals surface area contributed by atoms with Gasteiger partial charge in [-0.1, -0.05) is 35.9 Å². The van der Waals surface area contributed by atoms with Gasteiger partial charge in [0.05, 0.1) is 11.6 Å². The highest BCUT2D eigenvalue weighted by atomic mass is 14.9. The predicted octanol–water partition coefficient (Wildman–Crippen LogP) is 4.61. The van der Waals surface area contributed by atoms with Crippen LogP contribution in [-0.4, -0.2) is 6.04 Å². The zero-order valence-corrected chi connectivity index (χ0v) is 13.0. The van der Waals surface area contributed by atoms with Crippen LogP contribution in [0.2, 0.25) is 0 Å². The fourth-order valence-corrected chi connectivity index (χ4v) is 2.44. The highest BCUT2D eigenvalue weighted by Gasteiger charge is 2.06. The molecule has 2 nitrogen and oxygen atoms in total. The molecule has 0 heterocycles. The molecule has 0 fully saturated rings. The molecule has 0 saturated carbocycles. The molecule has 0 aliphatic rings. The zero-order valence-electron chi connectivity index (χ0n) is 13.0. The number of benzene rings is 2. The molecule has 0 aliphatic heterocycles. The third kappa shape index (κ3) is 4.36. The van der Waals surface area contributed by atoms with Gasteiger partial charge in [-0.05, 0) is 56.9 Å². The molecule has 2 heteroatoms. The van der Waals surface area contributed by atoms with Gasteiger partial charge in [-0.15, -0.1) is 0 Å². The SMILES string of the molecule is Cc1cccc(CCC(C)Nc2cc(C#N)ccc2C)c1. The molecule has 0 aliphatic carbocycles. The summed E-state index contributed by atoms with van der Waals surface area (Å²) in [6.07, 6.45) is 2.13. The molecule has 1 unspecified atom stereocenters. The van der Waals surface area contributed by atoms with E-state index in [-0.39, 0.29) is 0 Å². The first kappa shape index (κ1) is 15.1. The predicted molar refractivity (Wildman–Crippen MR) is 88.5 cm³/mol. The number of nitrogens with zero attached hydrogens (tertiary/aromatic N) is 1. The lowest BCUT2D eigenvalue weighted by Crippen LogP contribution is -2.16. The Morgan fingerprint density at radius 2 is 1.95 bits per heavy atom. The summed E-state index contributed by atoms with van der Waals surface area (Å²) < 4.78 is 0. The highest BCUT2D eigenvalue weighted by molar-refractivity contribution is 5.55. The van der Waals surface area contributed by atoms with Gasteiger partial charge in [-0.3, -0.25) is 0 Å². The summed E-state index contributed by atoms with van der Waals surface area (Å²) in [5, 5.41) is 12.5. The first-order valence-electron chi connectivity index (χ1n) is 7.41. The van der Waals surface area contributed by atoms with E-state index >= 15 is 0 Å². The number of rotatable bonds is 5. The molecule has 0 aromatic heterocycles. The lowest BCUT2D eigenvalue weighted by Gasteiger charge is -2.17. The second-order valence-electron chi connectivity index (χ2n) is 5.71. The van der Waals surface area contributed by atoms with Gasteiger partial charge in [0.15, 0.2) is 0 Å². The molecule has 0 radical (unpaired) electrons. The van der Waals surface area contributed by atoms with Gasteiger partial charge in [0, 0.05) is 11.7 Å². The topological polar surface area (TPSA) is 35.8 Å². The quantitative estimate of drug-likeness (QED) is 0.867. The normalized spacial score (nSPS) is 11.7. The molecule has 21 heavy (non-hydrogen) atoms. The summed E-state index contributed by atoms with van der Waals surface area (Å²) in [4.78, 5) is 0. The van der Waals surface area contributed by atoms with Crippen molar-refractivity contribution >= 4 is 5.69 Å². The highest BCUT2D eigenvalue weighted by Crippen LogP contribution is 2.19. The molecule has 1 atom stereocenters. The van der Waals surface area contributed by atoms with E-state index in [4.69, 9.17) is 5.26 Å². The molecule has 1 N–H and O–H groups in total. The minimum atomic E-state index is 0.373. The van der Waals surface area contributed by atoms with E-state index < -0.39 is 0 Å². The minimum absolute atomic E-state index is 0.373. The second kappa shape index (κ2) is 6.95. The number of hydrogen-bond acceptors (Lipinski definition) is 2. The van der Waals surface area contributed by atoms with E-state index in [0.717, 1.165) is 18.5 Å². The van der Waals surface area contributed by atoms with Crippen LogP contribution >= 0.6 is 0 Å². The number of nitrogens with one attached hydrogen (secondary N) is 1. The monoisotopic (exact) mass is 278 g/mol. The van der Waals surface area contributed by atoms with Crippen molar-refractivity contribution in [1.82, 2.24) is 0 Å². The van der Waals surface area contributed by atoms with Gasteiger partial charge in [0.2, 0.25) is 0 Å². The van der Waals surface area contributed by atoms with Gasteiger partial charge < -0.3 is 5.32 Å². The van der Waals surface area contributed by atoms with Crippen LogP contribution in [0.25, 0.3) is 0 Å². The van der Waals surface area contributed by atoms with E-state index in [9.17, 15) is 0 Å². The third-order valence-electron chi connectivity index (χ3n) is 3.72. The molecule has 108 valence electrons. The Labute approximate surface area is 127 Å². The fraction of sp³-hybridized carbons (Fsp3) is 0.316. The number of aryl methyl sites for hydroxylation is 3. The molecule has 2 rings (SSSR count). The zero-order chi connectivity index (χ0) is 15.2. The van der Waals surface area contributed by atoms with E-state index in [1.807, 2.05) is 18.2 Å². The molecule has 0 bridgehead atoms. The number of hydrogen-bond donors (Lipinski definition) is 1. The maximum absolute atomic E-state index is 8.99. The Kier molecular flexibility index (Phi) is 5.00. The van der Waals surface area contributed by atoms with Gasteiger partial charge >= 0.3 is 0 Å². The Hall–Kier alpha value is -2.27. The van der Waals surface area contributed by atoms with Crippen molar-refractivity contribution in [3.05, 3.63) is 64.7 Å². The summed E-state index contributed by atoms with van der Waals surface area (Å²) in [7, 11) is 0. The van der Waals surface area contributed by atoms with Crippen LogP contribution < -0.4 is 5.32 Å². The largest absolute Gasteiger partial charge is 0.382 e. The Morgan fingerprint density at radius 3 is 2.67 bits per heavy atom. The van der Waals surface area contributed by atoms with Crippen molar-refractivity contribution in [3.8, 4) is 6.07 Å². The summed E-state index contributed by atoms with van der Waals surface area (Å²) in [6, 6.07) is 17.0. The van der Waals surface area contributed by atoms with Crippen LogP contribution in [-0.2, 0) is 6.42 Å². The number of nitriles is 1. The summed E-state index contributed by atoms with van der Waals surface area (Å²) in [6.45, 7) is 6.38. The summed E-state index contributed by atoms with van der Waals surface area (Å²) >= 11 is 0. The summed E-state index contributed by atoms with van der Waals surface area (Å²) in [5.41, 5.74) is 5.63. The van der Waals surface area contributed by atoms with E-state index in [1.165, 1.54) is 16.7 Å². The average Bonchev–Trinajstić information content (AvgIpc) is 2.47. The first-order valence-corrected chi connectivity index (χ1v) is 7.41. The molecule has 2 aromatic carbocycles. The fourth-order valence-electron chi connectivity index (χ4n) is 2.44. The Balaban J connectivity index is 1.96. The molecule has 0 amide bonds. The van der Waals surface area contributed by atoms with E-state index in [2.05, 4.69) is 56.4 Å². The molecule has 2 aromatic rings. The summed E-state index contributed by atoms with van der Waals surface area (Å²) in [5.74, 6) is 0. The molecular formula is C19H22N2. The van der Waals surface area contributed by atoms with Gasteiger partial charge in [-0.25, -0.2) is 0 Å². The maximum Gasteiger partial charge on any atom is 0.0992 e. The van der Waals surface area contributed by atoms with Crippen LogP contribution in [0.3, 0.4) is 0 Å². The van der Waals surface area contributed by atoms with Crippen molar-refractivity contribution in [2.75, 3.05) is 5.32 Å². The van der Waals surface area contributed by atoms with Crippen molar-refractivity contribution in [2.45, 2.75) is 39.7 Å².